The first kappa shape index (κ1) is 18.0. The van der Waals surface area contributed by atoms with E-state index in [0.29, 0.717) is 0 Å². The molecule has 1 nitrogen and oxygen atoms in total. The Balaban J connectivity index is 2.39. The summed E-state index contributed by atoms with van der Waals surface area (Å²) in [7, 11) is 0. The lowest BCUT2D eigenvalue weighted by atomic mass is 9.90. The lowest BCUT2D eigenvalue weighted by Gasteiger charge is -2.21. The number of alkyl halides is 6. The van der Waals surface area contributed by atoms with Crippen LogP contribution in [0.4, 0.5) is 26.3 Å². The molecule has 0 saturated heterocycles. The Morgan fingerprint density at radius 1 is 0.615 bits per heavy atom. The lowest BCUT2D eigenvalue weighted by molar-refractivity contribution is -0.142. The largest absolute Gasteiger partial charge is 0.417 e. The van der Waals surface area contributed by atoms with Crippen molar-refractivity contribution < 1.29 is 26.3 Å². The minimum absolute atomic E-state index is 0.155. The second-order valence-electron chi connectivity index (χ2n) is 5.55. The van der Waals surface area contributed by atoms with Crippen molar-refractivity contribution >= 4 is 0 Å². The fourth-order valence-electron chi connectivity index (χ4n) is 2.71. The molecule has 26 heavy (non-hydrogen) atoms. The highest BCUT2D eigenvalue weighted by atomic mass is 19.4. The first-order chi connectivity index (χ1) is 12.2. The monoisotopic (exact) mass is 367 g/mol. The van der Waals surface area contributed by atoms with Crippen molar-refractivity contribution in [1.82, 2.24) is 4.98 Å². The van der Waals surface area contributed by atoms with E-state index in [1.165, 1.54) is 30.5 Å². The fourth-order valence-corrected chi connectivity index (χ4v) is 2.71. The van der Waals surface area contributed by atoms with Crippen LogP contribution in [0, 0.1) is 0 Å². The van der Waals surface area contributed by atoms with Gasteiger partial charge in [0.15, 0.2) is 0 Å². The zero-order chi connectivity index (χ0) is 18.9. The van der Waals surface area contributed by atoms with Crippen molar-refractivity contribution in [3.63, 3.8) is 0 Å². The summed E-state index contributed by atoms with van der Waals surface area (Å²) in [6.07, 6.45) is -7.66. The van der Waals surface area contributed by atoms with Crippen LogP contribution < -0.4 is 0 Å². The molecule has 7 heteroatoms. The summed E-state index contributed by atoms with van der Waals surface area (Å²) in [4.78, 5) is 3.65. The molecule has 0 spiro atoms. The summed E-state index contributed by atoms with van der Waals surface area (Å²) in [5, 5.41) is 0. The molecular weight excluding hydrogens is 356 g/mol. The minimum Gasteiger partial charge on any atom is -0.264 e. The van der Waals surface area contributed by atoms with Gasteiger partial charge in [-0.05, 0) is 29.3 Å². The zero-order valence-corrected chi connectivity index (χ0v) is 13.1. The van der Waals surface area contributed by atoms with E-state index in [9.17, 15) is 26.3 Å². The highest BCUT2D eigenvalue weighted by Crippen LogP contribution is 2.46. The molecule has 2 aromatic carbocycles. The Kier molecular flexibility index (Phi) is 4.48. The molecule has 1 aromatic heterocycles. The predicted molar refractivity (Wildman–Crippen MR) is 85.1 cm³/mol. The standard InChI is InChI=1S/C19H11F6N/c20-18(21,22)15-9-14(12-5-2-1-3-6-12)10-16(19(23,24)25)17(15)13-7-4-8-26-11-13/h1-11H. The Bertz CT molecular complexity index is 864. The summed E-state index contributed by atoms with van der Waals surface area (Å²) < 4.78 is 81.7. The van der Waals surface area contributed by atoms with Crippen LogP contribution in [-0.4, -0.2) is 4.98 Å². The molecule has 3 rings (SSSR count). The molecule has 134 valence electrons. The van der Waals surface area contributed by atoms with E-state index in [1.54, 1.807) is 18.2 Å². The van der Waals surface area contributed by atoms with E-state index in [1.807, 2.05) is 0 Å². The van der Waals surface area contributed by atoms with Crippen LogP contribution in [0.1, 0.15) is 11.1 Å². The number of hydrogen-bond acceptors (Lipinski definition) is 1. The van der Waals surface area contributed by atoms with Crippen LogP contribution in [0.2, 0.25) is 0 Å². The highest BCUT2D eigenvalue weighted by molar-refractivity contribution is 5.78. The molecule has 0 aliphatic rings. The molecule has 0 atom stereocenters. The number of nitrogens with zero attached hydrogens (tertiary/aromatic N) is 1. The quantitative estimate of drug-likeness (QED) is 0.474. The van der Waals surface area contributed by atoms with Crippen LogP contribution in [0.15, 0.2) is 67.0 Å². The van der Waals surface area contributed by atoms with Crippen LogP contribution >= 0.6 is 0 Å². The fraction of sp³-hybridized carbons (Fsp3) is 0.105. The van der Waals surface area contributed by atoms with Gasteiger partial charge in [0.2, 0.25) is 0 Å². The maximum atomic E-state index is 13.6. The summed E-state index contributed by atoms with van der Waals surface area (Å²) in [5.74, 6) is 0. The molecule has 0 aliphatic heterocycles. The lowest BCUT2D eigenvalue weighted by Crippen LogP contribution is -2.15. The van der Waals surface area contributed by atoms with Gasteiger partial charge in [-0.15, -0.1) is 0 Å². The van der Waals surface area contributed by atoms with Gasteiger partial charge in [0, 0.05) is 23.5 Å². The van der Waals surface area contributed by atoms with Crippen LogP contribution in [0.3, 0.4) is 0 Å². The van der Waals surface area contributed by atoms with E-state index >= 15 is 0 Å². The van der Waals surface area contributed by atoms with E-state index in [-0.39, 0.29) is 16.7 Å². The van der Waals surface area contributed by atoms with Crippen molar-refractivity contribution in [3.8, 4) is 22.3 Å². The molecule has 0 radical (unpaired) electrons. The molecule has 0 aliphatic carbocycles. The van der Waals surface area contributed by atoms with Crippen molar-refractivity contribution in [2.45, 2.75) is 12.4 Å². The van der Waals surface area contributed by atoms with Gasteiger partial charge in [0.1, 0.15) is 0 Å². The smallest absolute Gasteiger partial charge is 0.264 e. The molecule has 0 unspecified atom stereocenters. The van der Waals surface area contributed by atoms with Crippen LogP contribution in [0.5, 0.6) is 0 Å². The third kappa shape index (κ3) is 3.56. The first-order valence-electron chi connectivity index (χ1n) is 7.46. The van der Waals surface area contributed by atoms with Gasteiger partial charge < -0.3 is 0 Å². The molecule has 0 amide bonds. The van der Waals surface area contributed by atoms with Gasteiger partial charge in [-0.2, -0.15) is 26.3 Å². The van der Waals surface area contributed by atoms with Crippen molar-refractivity contribution in [2.75, 3.05) is 0 Å². The molecule has 1 heterocycles. The third-order valence-electron chi connectivity index (χ3n) is 3.81. The van der Waals surface area contributed by atoms with Gasteiger partial charge in [-0.25, -0.2) is 0 Å². The van der Waals surface area contributed by atoms with Gasteiger partial charge in [0.05, 0.1) is 11.1 Å². The molecule has 0 saturated carbocycles. The summed E-state index contributed by atoms with van der Waals surface area (Å²) in [6, 6.07) is 11.6. The highest BCUT2D eigenvalue weighted by Gasteiger charge is 2.41. The normalized spacial score (nSPS) is 12.2. The van der Waals surface area contributed by atoms with Gasteiger partial charge in [0.25, 0.3) is 0 Å². The summed E-state index contributed by atoms with van der Waals surface area (Å²) in [6.45, 7) is 0. The molecule has 0 bridgehead atoms. The summed E-state index contributed by atoms with van der Waals surface area (Å²) in [5.41, 5.74) is -3.75. The van der Waals surface area contributed by atoms with E-state index < -0.39 is 29.0 Å². The van der Waals surface area contributed by atoms with E-state index in [2.05, 4.69) is 4.98 Å². The van der Waals surface area contributed by atoms with Crippen LogP contribution in [-0.2, 0) is 12.4 Å². The van der Waals surface area contributed by atoms with Crippen LogP contribution in [0.25, 0.3) is 22.3 Å². The van der Waals surface area contributed by atoms with Crippen molar-refractivity contribution in [2.24, 2.45) is 0 Å². The second-order valence-corrected chi connectivity index (χ2v) is 5.55. The molecule has 0 N–H and O–H groups in total. The van der Waals surface area contributed by atoms with E-state index in [0.717, 1.165) is 18.3 Å². The zero-order valence-electron chi connectivity index (χ0n) is 13.1. The minimum atomic E-state index is -4.96. The maximum absolute atomic E-state index is 13.6. The van der Waals surface area contributed by atoms with E-state index in [4.69, 9.17) is 0 Å². The number of pyridine rings is 1. The first-order valence-corrected chi connectivity index (χ1v) is 7.46. The average Bonchev–Trinajstić information content (AvgIpc) is 2.60. The topological polar surface area (TPSA) is 12.9 Å². The Labute approximate surface area is 144 Å². The third-order valence-corrected chi connectivity index (χ3v) is 3.81. The number of benzene rings is 2. The number of aromatic nitrogens is 1. The maximum Gasteiger partial charge on any atom is 0.417 e. The summed E-state index contributed by atoms with van der Waals surface area (Å²) >= 11 is 0. The second kappa shape index (κ2) is 6.48. The van der Waals surface area contributed by atoms with Gasteiger partial charge in [-0.3, -0.25) is 4.98 Å². The van der Waals surface area contributed by atoms with Gasteiger partial charge in [-0.1, -0.05) is 36.4 Å². The SMILES string of the molecule is FC(F)(F)c1cc(-c2ccccc2)cc(C(F)(F)F)c1-c1cccnc1. The Morgan fingerprint density at radius 3 is 1.62 bits per heavy atom. The number of rotatable bonds is 2. The van der Waals surface area contributed by atoms with Gasteiger partial charge >= 0.3 is 12.4 Å². The number of halogens is 6. The predicted octanol–water partition coefficient (Wildman–Crippen LogP) is 6.45. The molecular formula is C19H11F6N. The van der Waals surface area contributed by atoms with Crippen molar-refractivity contribution in [3.05, 3.63) is 78.1 Å². The van der Waals surface area contributed by atoms with Crippen molar-refractivity contribution in [1.29, 1.82) is 0 Å². The Hall–Kier alpha value is -2.83. The average molecular weight is 367 g/mol. The molecule has 0 fully saturated rings. The Morgan fingerprint density at radius 2 is 1.15 bits per heavy atom. The number of hydrogen-bond donors (Lipinski definition) is 0. The molecule has 3 aromatic rings.